The first-order chi connectivity index (χ1) is 8.97. The number of aliphatic hydroxyl groups excluding tert-OH is 2. The monoisotopic (exact) mass is 266 g/mol. The van der Waals surface area contributed by atoms with Crippen molar-refractivity contribution < 1.29 is 19.7 Å². The summed E-state index contributed by atoms with van der Waals surface area (Å²) in [5, 5.41) is 20.1. The van der Waals surface area contributed by atoms with E-state index in [1.165, 1.54) is 7.11 Å². The van der Waals surface area contributed by atoms with Crippen LogP contribution in [0.5, 0.6) is 0 Å². The molecule has 0 radical (unpaired) electrons. The Morgan fingerprint density at radius 3 is 2.26 bits per heavy atom. The van der Waals surface area contributed by atoms with Crippen molar-refractivity contribution in [2.75, 3.05) is 7.11 Å². The molecular formula is C15H22O4. The Labute approximate surface area is 114 Å². The lowest BCUT2D eigenvalue weighted by molar-refractivity contribution is -0.151. The lowest BCUT2D eigenvalue weighted by atomic mass is 9.84. The molecule has 0 saturated carbocycles. The molecule has 0 aliphatic heterocycles. The largest absolute Gasteiger partial charge is 0.469 e. The lowest BCUT2D eigenvalue weighted by Gasteiger charge is -2.28. The quantitative estimate of drug-likeness (QED) is 0.764. The normalized spacial score (nSPS) is 17.3. The zero-order chi connectivity index (χ0) is 14.4. The van der Waals surface area contributed by atoms with Crippen molar-refractivity contribution in [2.45, 2.75) is 32.5 Å². The molecule has 4 nitrogen and oxygen atoms in total. The zero-order valence-corrected chi connectivity index (χ0v) is 11.6. The number of esters is 1. The van der Waals surface area contributed by atoms with Crippen LogP contribution in [0.15, 0.2) is 30.3 Å². The van der Waals surface area contributed by atoms with E-state index in [1.54, 1.807) is 13.8 Å². The standard InChI is InChI=1S/C15H22O4/c1-10(15(18)19-3)14(17)13(11(2)16)9-12-7-5-4-6-8-12/h4-8,10-11,13-14,16-17H,9H2,1-3H3/t10-,11-,13-,14-/m1/s1. The number of methoxy groups -OCH3 is 1. The maximum absolute atomic E-state index is 11.5. The summed E-state index contributed by atoms with van der Waals surface area (Å²) < 4.78 is 4.63. The second-order valence-corrected chi connectivity index (χ2v) is 4.90. The van der Waals surface area contributed by atoms with E-state index in [2.05, 4.69) is 4.74 Å². The minimum absolute atomic E-state index is 0.406. The van der Waals surface area contributed by atoms with E-state index in [0.29, 0.717) is 6.42 Å². The van der Waals surface area contributed by atoms with Gasteiger partial charge in [-0.2, -0.15) is 0 Å². The summed E-state index contributed by atoms with van der Waals surface area (Å²) in [5.41, 5.74) is 1.02. The molecular weight excluding hydrogens is 244 g/mol. The number of hydrogen-bond acceptors (Lipinski definition) is 4. The Morgan fingerprint density at radius 1 is 1.21 bits per heavy atom. The Hall–Kier alpha value is -1.39. The molecule has 106 valence electrons. The van der Waals surface area contributed by atoms with Crippen molar-refractivity contribution >= 4 is 5.97 Å². The molecule has 0 saturated heterocycles. The molecule has 0 amide bonds. The van der Waals surface area contributed by atoms with Crippen LogP contribution in [0.2, 0.25) is 0 Å². The van der Waals surface area contributed by atoms with Gasteiger partial charge in [-0.1, -0.05) is 30.3 Å². The molecule has 0 fully saturated rings. The van der Waals surface area contributed by atoms with E-state index in [1.807, 2.05) is 30.3 Å². The maximum atomic E-state index is 11.5. The zero-order valence-electron chi connectivity index (χ0n) is 11.6. The summed E-state index contributed by atoms with van der Waals surface area (Å²) in [7, 11) is 1.29. The third-order valence-corrected chi connectivity index (χ3v) is 3.46. The molecule has 0 bridgehead atoms. The van der Waals surface area contributed by atoms with Crippen LogP contribution in [0.3, 0.4) is 0 Å². The van der Waals surface area contributed by atoms with Crippen LogP contribution >= 0.6 is 0 Å². The Kier molecular flexibility index (Phi) is 5.99. The second kappa shape index (κ2) is 7.26. The van der Waals surface area contributed by atoms with Gasteiger partial charge >= 0.3 is 5.97 Å². The third-order valence-electron chi connectivity index (χ3n) is 3.46. The Morgan fingerprint density at radius 2 is 1.79 bits per heavy atom. The number of ether oxygens (including phenoxy) is 1. The molecule has 2 N–H and O–H groups in total. The molecule has 0 aliphatic carbocycles. The molecule has 19 heavy (non-hydrogen) atoms. The summed E-state index contributed by atoms with van der Waals surface area (Å²) in [6.45, 7) is 3.23. The van der Waals surface area contributed by atoms with E-state index in [-0.39, 0.29) is 0 Å². The molecule has 1 aromatic carbocycles. The predicted molar refractivity (Wildman–Crippen MR) is 72.5 cm³/mol. The first-order valence-corrected chi connectivity index (χ1v) is 6.45. The van der Waals surface area contributed by atoms with Crippen LogP contribution in [0.25, 0.3) is 0 Å². The highest BCUT2D eigenvalue weighted by Crippen LogP contribution is 2.22. The van der Waals surface area contributed by atoms with Gasteiger partial charge in [0.2, 0.25) is 0 Å². The van der Waals surface area contributed by atoms with Crippen molar-refractivity contribution in [2.24, 2.45) is 11.8 Å². The fraction of sp³-hybridized carbons (Fsp3) is 0.533. The minimum Gasteiger partial charge on any atom is -0.469 e. The van der Waals surface area contributed by atoms with E-state index in [4.69, 9.17) is 0 Å². The number of hydrogen-bond donors (Lipinski definition) is 2. The third kappa shape index (κ3) is 4.33. The van der Waals surface area contributed by atoms with Gasteiger partial charge in [0, 0.05) is 5.92 Å². The van der Waals surface area contributed by atoms with Crippen molar-refractivity contribution in [3.8, 4) is 0 Å². The van der Waals surface area contributed by atoms with Gasteiger partial charge in [0.1, 0.15) is 0 Å². The fourth-order valence-corrected chi connectivity index (χ4v) is 2.16. The van der Waals surface area contributed by atoms with Crippen LogP contribution in [0.1, 0.15) is 19.4 Å². The highest BCUT2D eigenvalue weighted by molar-refractivity contribution is 5.72. The molecule has 0 spiro atoms. The summed E-state index contributed by atoms with van der Waals surface area (Å²) in [4.78, 5) is 11.5. The average Bonchev–Trinajstić information content (AvgIpc) is 2.43. The first-order valence-electron chi connectivity index (χ1n) is 6.45. The van der Waals surface area contributed by atoms with Gasteiger partial charge in [-0.3, -0.25) is 4.79 Å². The van der Waals surface area contributed by atoms with Crippen LogP contribution in [-0.2, 0) is 16.0 Å². The Bertz CT molecular complexity index is 388. The molecule has 0 unspecified atom stereocenters. The molecule has 0 aromatic heterocycles. The lowest BCUT2D eigenvalue weighted by Crippen LogP contribution is -2.39. The number of benzene rings is 1. The van der Waals surface area contributed by atoms with Crippen molar-refractivity contribution in [3.63, 3.8) is 0 Å². The molecule has 4 heteroatoms. The van der Waals surface area contributed by atoms with Gasteiger partial charge in [0.25, 0.3) is 0 Å². The van der Waals surface area contributed by atoms with Crippen molar-refractivity contribution in [3.05, 3.63) is 35.9 Å². The fourth-order valence-electron chi connectivity index (χ4n) is 2.16. The van der Waals surface area contributed by atoms with Crippen LogP contribution in [-0.4, -0.2) is 35.5 Å². The summed E-state index contributed by atoms with van der Waals surface area (Å²) in [6, 6.07) is 9.60. The van der Waals surface area contributed by atoms with Crippen molar-refractivity contribution in [1.82, 2.24) is 0 Å². The van der Waals surface area contributed by atoms with Gasteiger partial charge in [0.05, 0.1) is 25.2 Å². The number of aliphatic hydroxyl groups is 2. The van der Waals surface area contributed by atoms with Crippen LogP contribution < -0.4 is 0 Å². The molecule has 1 rings (SSSR count). The summed E-state index contributed by atoms with van der Waals surface area (Å²) in [5.74, 6) is -1.53. The molecule has 0 heterocycles. The van der Waals surface area contributed by atoms with Crippen molar-refractivity contribution in [1.29, 1.82) is 0 Å². The average molecular weight is 266 g/mol. The highest BCUT2D eigenvalue weighted by atomic mass is 16.5. The minimum atomic E-state index is -0.937. The van der Waals surface area contributed by atoms with Gasteiger partial charge in [-0.15, -0.1) is 0 Å². The van der Waals surface area contributed by atoms with Gasteiger partial charge in [-0.25, -0.2) is 0 Å². The van der Waals surface area contributed by atoms with Crippen LogP contribution in [0, 0.1) is 11.8 Å². The number of rotatable bonds is 6. The molecule has 4 atom stereocenters. The maximum Gasteiger partial charge on any atom is 0.311 e. The smallest absolute Gasteiger partial charge is 0.311 e. The van der Waals surface area contributed by atoms with Gasteiger partial charge in [-0.05, 0) is 25.8 Å². The van der Waals surface area contributed by atoms with Crippen LogP contribution in [0.4, 0.5) is 0 Å². The van der Waals surface area contributed by atoms with E-state index >= 15 is 0 Å². The molecule has 0 aliphatic rings. The molecule has 1 aromatic rings. The van der Waals surface area contributed by atoms with Gasteiger partial charge < -0.3 is 14.9 Å². The number of carbonyl (C=O) groups is 1. The summed E-state index contributed by atoms with van der Waals surface area (Å²) in [6.07, 6.45) is -1.13. The topological polar surface area (TPSA) is 66.8 Å². The Balaban J connectivity index is 2.80. The van der Waals surface area contributed by atoms with Gasteiger partial charge in [0.15, 0.2) is 0 Å². The summed E-state index contributed by atoms with van der Waals surface area (Å²) >= 11 is 0. The van der Waals surface area contributed by atoms with E-state index in [0.717, 1.165) is 5.56 Å². The SMILES string of the molecule is COC(=O)[C@H](C)[C@@H](O)[C@H](Cc1ccccc1)[C@@H](C)O. The first kappa shape index (κ1) is 15.7. The van der Waals surface area contributed by atoms with E-state index < -0.39 is 30.0 Å². The highest BCUT2D eigenvalue weighted by Gasteiger charge is 2.32. The second-order valence-electron chi connectivity index (χ2n) is 4.90. The number of carbonyl (C=O) groups excluding carboxylic acids is 1. The van der Waals surface area contributed by atoms with E-state index in [9.17, 15) is 15.0 Å². The predicted octanol–water partition coefficient (Wildman–Crippen LogP) is 1.40.